The lowest BCUT2D eigenvalue weighted by atomic mass is 9.95. The lowest BCUT2D eigenvalue weighted by molar-refractivity contribution is -0.117. The molecule has 0 aliphatic heterocycles. The predicted octanol–water partition coefficient (Wildman–Crippen LogP) is 3.97. The molecule has 1 aliphatic rings. The number of ketones is 1. The van der Waals surface area contributed by atoms with Gasteiger partial charge in [0.05, 0.1) is 30.8 Å². The fraction of sp³-hybridized carbons (Fsp3) is 0.263. The highest BCUT2D eigenvalue weighted by Gasteiger charge is 2.35. The van der Waals surface area contributed by atoms with Crippen LogP contribution in [0.15, 0.2) is 30.3 Å². The maximum atomic E-state index is 12.8. The van der Waals surface area contributed by atoms with Crippen molar-refractivity contribution in [3.05, 3.63) is 52.0 Å². The van der Waals surface area contributed by atoms with E-state index in [1.54, 1.807) is 18.2 Å². The van der Waals surface area contributed by atoms with E-state index in [9.17, 15) is 9.59 Å². The fourth-order valence-corrected chi connectivity index (χ4v) is 3.42. The number of Topliss-reactive ketones (excluding diaryl/α,β-unsaturated/α-hetero) is 1. The smallest absolute Gasteiger partial charge is 0.232 e. The summed E-state index contributed by atoms with van der Waals surface area (Å²) >= 11 is 6.09. The first-order valence-electron chi connectivity index (χ1n) is 7.81. The molecule has 0 radical (unpaired) electrons. The predicted molar refractivity (Wildman–Crippen MR) is 96.1 cm³/mol. The third kappa shape index (κ3) is 3.07. The average molecular weight is 360 g/mol. The zero-order chi connectivity index (χ0) is 18.1. The van der Waals surface area contributed by atoms with Crippen LogP contribution < -0.4 is 14.8 Å². The van der Waals surface area contributed by atoms with Gasteiger partial charge in [0.1, 0.15) is 11.5 Å². The van der Waals surface area contributed by atoms with Crippen molar-refractivity contribution in [2.24, 2.45) is 0 Å². The molecule has 1 unspecified atom stereocenters. The molecule has 0 saturated carbocycles. The van der Waals surface area contributed by atoms with Crippen LogP contribution in [0.3, 0.4) is 0 Å². The highest BCUT2D eigenvalue weighted by atomic mass is 35.5. The van der Waals surface area contributed by atoms with Gasteiger partial charge in [0.2, 0.25) is 5.91 Å². The Morgan fingerprint density at radius 2 is 1.92 bits per heavy atom. The summed E-state index contributed by atoms with van der Waals surface area (Å²) in [5.41, 5.74) is 2.80. The van der Waals surface area contributed by atoms with Crippen LogP contribution in [-0.2, 0) is 4.79 Å². The SMILES string of the molecule is COc1cc(NC(=O)C2CC(=O)c3cccc(C)c32)c(OC)cc1Cl. The van der Waals surface area contributed by atoms with Crippen molar-refractivity contribution in [3.63, 3.8) is 0 Å². The molecule has 0 spiro atoms. The number of rotatable bonds is 4. The maximum absolute atomic E-state index is 12.8. The molecule has 1 N–H and O–H groups in total. The summed E-state index contributed by atoms with van der Waals surface area (Å²) in [6.45, 7) is 1.91. The van der Waals surface area contributed by atoms with Crippen molar-refractivity contribution < 1.29 is 19.1 Å². The van der Waals surface area contributed by atoms with Crippen molar-refractivity contribution in [2.45, 2.75) is 19.3 Å². The Morgan fingerprint density at radius 1 is 1.20 bits per heavy atom. The number of hydrogen-bond donors (Lipinski definition) is 1. The molecule has 0 aromatic heterocycles. The summed E-state index contributed by atoms with van der Waals surface area (Å²) in [6, 6.07) is 8.69. The van der Waals surface area contributed by atoms with E-state index in [4.69, 9.17) is 21.1 Å². The monoisotopic (exact) mass is 359 g/mol. The summed E-state index contributed by atoms with van der Waals surface area (Å²) in [6.07, 6.45) is 0.166. The Labute approximate surface area is 150 Å². The number of benzene rings is 2. The maximum Gasteiger partial charge on any atom is 0.232 e. The number of nitrogens with one attached hydrogen (secondary N) is 1. The van der Waals surface area contributed by atoms with Crippen molar-refractivity contribution in [2.75, 3.05) is 19.5 Å². The Balaban J connectivity index is 1.94. The highest BCUT2D eigenvalue weighted by molar-refractivity contribution is 6.32. The molecule has 0 fully saturated rings. The van der Waals surface area contributed by atoms with Gasteiger partial charge in [-0.25, -0.2) is 0 Å². The molecule has 25 heavy (non-hydrogen) atoms. The average Bonchev–Trinajstić information content (AvgIpc) is 2.94. The second kappa shape index (κ2) is 6.76. The molecule has 0 bridgehead atoms. The van der Waals surface area contributed by atoms with E-state index in [2.05, 4.69) is 5.32 Å². The first kappa shape index (κ1) is 17.3. The van der Waals surface area contributed by atoms with Gasteiger partial charge < -0.3 is 14.8 Å². The molecule has 2 aromatic rings. The zero-order valence-corrected chi connectivity index (χ0v) is 14.9. The number of aryl methyl sites for hydroxylation is 1. The Hall–Kier alpha value is -2.53. The largest absolute Gasteiger partial charge is 0.495 e. The zero-order valence-electron chi connectivity index (χ0n) is 14.2. The van der Waals surface area contributed by atoms with E-state index in [1.807, 2.05) is 19.1 Å². The standard InChI is InChI=1S/C19H18ClNO4/c1-10-5-4-6-11-15(22)7-12(18(10)11)19(23)21-14-9-16(24-2)13(20)8-17(14)25-3/h4-6,8-9,12H,7H2,1-3H3,(H,21,23). The number of anilines is 1. The van der Waals surface area contributed by atoms with Crippen LogP contribution in [0, 0.1) is 6.92 Å². The van der Waals surface area contributed by atoms with Crippen LogP contribution in [0.1, 0.15) is 33.8 Å². The molecule has 6 heteroatoms. The topological polar surface area (TPSA) is 64.6 Å². The van der Waals surface area contributed by atoms with E-state index in [0.29, 0.717) is 27.8 Å². The van der Waals surface area contributed by atoms with Crippen molar-refractivity contribution in [1.82, 2.24) is 0 Å². The normalized spacial score (nSPS) is 15.7. The first-order valence-corrected chi connectivity index (χ1v) is 8.19. The van der Waals surface area contributed by atoms with Gasteiger partial charge in [-0.05, 0) is 18.1 Å². The number of amides is 1. The lowest BCUT2D eigenvalue weighted by Gasteiger charge is -2.16. The number of ether oxygens (including phenoxy) is 2. The minimum absolute atomic E-state index is 0.0144. The molecule has 1 aliphatic carbocycles. The van der Waals surface area contributed by atoms with Crippen molar-refractivity contribution in [1.29, 1.82) is 0 Å². The summed E-state index contributed by atoms with van der Waals surface area (Å²) in [5.74, 6) is 0.0592. The summed E-state index contributed by atoms with van der Waals surface area (Å²) in [4.78, 5) is 25.0. The highest BCUT2D eigenvalue weighted by Crippen LogP contribution is 2.39. The summed E-state index contributed by atoms with van der Waals surface area (Å²) in [5, 5.41) is 3.22. The molecule has 2 aromatic carbocycles. The number of halogens is 1. The number of carbonyl (C=O) groups is 2. The van der Waals surface area contributed by atoms with Crippen LogP contribution in [0.2, 0.25) is 5.02 Å². The molecule has 0 heterocycles. The second-order valence-corrected chi connectivity index (χ2v) is 6.30. The van der Waals surface area contributed by atoms with Gasteiger partial charge in [0, 0.05) is 24.1 Å². The van der Waals surface area contributed by atoms with Gasteiger partial charge in [0.15, 0.2) is 5.78 Å². The Kier molecular flexibility index (Phi) is 4.68. The first-order chi connectivity index (χ1) is 12.0. The molecule has 3 rings (SSSR count). The minimum Gasteiger partial charge on any atom is -0.495 e. The van der Waals surface area contributed by atoms with Gasteiger partial charge in [-0.2, -0.15) is 0 Å². The quantitative estimate of drug-likeness (QED) is 0.896. The molecule has 5 nitrogen and oxygen atoms in total. The van der Waals surface area contributed by atoms with Crippen LogP contribution >= 0.6 is 11.6 Å². The number of carbonyl (C=O) groups excluding carboxylic acids is 2. The third-order valence-electron chi connectivity index (χ3n) is 4.41. The summed E-state index contributed by atoms with van der Waals surface area (Å²) < 4.78 is 10.5. The number of hydrogen-bond acceptors (Lipinski definition) is 4. The molecule has 1 amide bonds. The van der Waals surface area contributed by atoms with E-state index in [0.717, 1.165) is 11.1 Å². The van der Waals surface area contributed by atoms with Crippen LogP contribution in [0.5, 0.6) is 11.5 Å². The van der Waals surface area contributed by atoms with Crippen molar-refractivity contribution in [3.8, 4) is 11.5 Å². The van der Waals surface area contributed by atoms with E-state index >= 15 is 0 Å². The van der Waals surface area contributed by atoms with E-state index in [1.165, 1.54) is 14.2 Å². The number of methoxy groups -OCH3 is 2. The number of fused-ring (bicyclic) bond motifs is 1. The van der Waals surface area contributed by atoms with E-state index in [-0.39, 0.29) is 18.1 Å². The van der Waals surface area contributed by atoms with Crippen LogP contribution in [-0.4, -0.2) is 25.9 Å². The van der Waals surface area contributed by atoms with Crippen molar-refractivity contribution >= 4 is 29.0 Å². The molecule has 1 atom stereocenters. The molecule has 0 saturated heterocycles. The molecule has 130 valence electrons. The molecular formula is C19H18ClNO4. The van der Waals surface area contributed by atoms with Gasteiger partial charge in [-0.3, -0.25) is 9.59 Å². The van der Waals surface area contributed by atoms with Crippen LogP contribution in [0.25, 0.3) is 0 Å². The fourth-order valence-electron chi connectivity index (χ4n) is 3.19. The summed E-state index contributed by atoms with van der Waals surface area (Å²) in [7, 11) is 2.99. The van der Waals surface area contributed by atoms with Gasteiger partial charge in [-0.15, -0.1) is 0 Å². The third-order valence-corrected chi connectivity index (χ3v) is 4.71. The Bertz CT molecular complexity index is 863. The van der Waals surface area contributed by atoms with E-state index < -0.39 is 5.92 Å². The Morgan fingerprint density at radius 3 is 2.60 bits per heavy atom. The molecular weight excluding hydrogens is 342 g/mol. The van der Waals surface area contributed by atoms with Gasteiger partial charge in [-0.1, -0.05) is 29.8 Å². The second-order valence-electron chi connectivity index (χ2n) is 5.89. The van der Waals surface area contributed by atoms with Gasteiger partial charge in [0.25, 0.3) is 0 Å². The lowest BCUT2D eigenvalue weighted by Crippen LogP contribution is -2.20. The minimum atomic E-state index is -0.518. The van der Waals surface area contributed by atoms with Gasteiger partial charge >= 0.3 is 0 Å². The van der Waals surface area contributed by atoms with Crippen LogP contribution in [0.4, 0.5) is 5.69 Å².